The highest BCUT2D eigenvalue weighted by molar-refractivity contribution is 6.22. The molecule has 0 fully saturated rings. The first-order valence-corrected chi connectivity index (χ1v) is 20.6. The monoisotopic (exact) mass is 777 g/mol. The van der Waals surface area contributed by atoms with Crippen molar-refractivity contribution < 1.29 is 4.42 Å². The van der Waals surface area contributed by atoms with Gasteiger partial charge in [-0.15, -0.1) is 0 Å². The quantitative estimate of drug-likeness (QED) is 0.158. The minimum atomic E-state index is 0.658. The Balaban J connectivity index is 1.02. The molecule has 0 saturated carbocycles. The summed E-state index contributed by atoms with van der Waals surface area (Å²) < 4.78 is 6.75. The van der Waals surface area contributed by atoms with E-state index < -0.39 is 0 Å². The van der Waals surface area contributed by atoms with Crippen LogP contribution in [-0.4, -0.2) is 15.0 Å². The molecule has 12 aromatic rings. The fourth-order valence-corrected chi connectivity index (χ4v) is 8.91. The number of pyridine rings is 1. The summed E-state index contributed by atoms with van der Waals surface area (Å²) >= 11 is 0. The van der Waals surface area contributed by atoms with Crippen LogP contribution in [0.2, 0.25) is 0 Å². The maximum absolute atomic E-state index is 6.75. The highest BCUT2D eigenvalue weighted by atomic mass is 16.3. The predicted molar refractivity (Wildman–Crippen MR) is 252 cm³/mol. The average molecular weight is 778 g/mol. The second-order valence-corrected chi connectivity index (χ2v) is 15.5. The molecule has 12 rings (SSSR count). The Kier molecular flexibility index (Phi) is 8.13. The fourth-order valence-electron chi connectivity index (χ4n) is 8.91. The van der Waals surface area contributed by atoms with Crippen molar-refractivity contribution in [1.82, 2.24) is 15.0 Å². The van der Waals surface area contributed by atoms with Gasteiger partial charge < -0.3 is 4.42 Å². The van der Waals surface area contributed by atoms with Gasteiger partial charge in [0.2, 0.25) is 0 Å². The molecular weight excluding hydrogens is 743 g/mol. The maximum Gasteiger partial charge on any atom is 0.160 e. The van der Waals surface area contributed by atoms with Gasteiger partial charge in [0.25, 0.3) is 0 Å². The molecule has 3 heterocycles. The molecule has 0 radical (unpaired) electrons. The zero-order valence-corrected chi connectivity index (χ0v) is 33.0. The van der Waals surface area contributed by atoms with Crippen LogP contribution in [0.4, 0.5) is 0 Å². The van der Waals surface area contributed by atoms with Gasteiger partial charge in [-0.25, -0.2) is 15.0 Å². The number of hydrogen-bond donors (Lipinski definition) is 0. The van der Waals surface area contributed by atoms with Gasteiger partial charge in [-0.3, -0.25) is 0 Å². The third-order valence-electron chi connectivity index (χ3n) is 11.9. The molecule has 9 aromatic carbocycles. The number of para-hydroxylation sites is 2. The molecule has 0 atom stereocenters. The summed E-state index contributed by atoms with van der Waals surface area (Å²) in [6, 6.07) is 74.3. The van der Waals surface area contributed by atoms with E-state index in [1.54, 1.807) is 0 Å². The molecule has 0 bridgehead atoms. The van der Waals surface area contributed by atoms with E-state index in [0.717, 1.165) is 88.9 Å². The van der Waals surface area contributed by atoms with E-state index in [9.17, 15) is 0 Å². The van der Waals surface area contributed by atoms with E-state index in [0.29, 0.717) is 5.82 Å². The summed E-state index contributed by atoms with van der Waals surface area (Å²) in [6.07, 6.45) is 0. The lowest BCUT2D eigenvalue weighted by Gasteiger charge is -2.14. The molecule has 0 amide bonds. The molecule has 61 heavy (non-hydrogen) atoms. The van der Waals surface area contributed by atoms with E-state index in [4.69, 9.17) is 19.4 Å². The van der Waals surface area contributed by atoms with Crippen LogP contribution >= 0.6 is 0 Å². The molecule has 4 heteroatoms. The Hall–Kier alpha value is -8.21. The van der Waals surface area contributed by atoms with Crippen molar-refractivity contribution >= 4 is 54.4 Å². The van der Waals surface area contributed by atoms with Crippen LogP contribution in [0.3, 0.4) is 0 Å². The first-order valence-electron chi connectivity index (χ1n) is 20.6. The molecule has 0 unspecified atom stereocenters. The maximum atomic E-state index is 6.75. The van der Waals surface area contributed by atoms with Gasteiger partial charge in [0.1, 0.15) is 11.2 Å². The Morgan fingerprint density at radius 2 is 0.869 bits per heavy atom. The minimum Gasteiger partial charge on any atom is -0.455 e. The topological polar surface area (TPSA) is 51.8 Å². The number of aromatic nitrogens is 3. The van der Waals surface area contributed by atoms with E-state index in [-0.39, 0.29) is 0 Å². The lowest BCUT2D eigenvalue weighted by atomic mass is 9.91. The van der Waals surface area contributed by atoms with E-state index in [1.165, 1.54) is 27.1 Å². The number of hydrogen-bond acceptors (Lipinski definition) is 4. The second kappa shape index (κ2) is 14.3. The molecule has 0 aliphatic heterocycles. The number of furan rings is 1. The highest BCUT2D eigenvalue weighted by Crippen LogP contribution is 2.44. The van der Waals surface area contributed by atoms with Crippen LogP contribution in [-0.2, 0) is 0 Å². The highest BCUT2D eigenvalue weighted by Gasteiger charge is 2.21. The fraction of sp³-hybridized carbons (Fsp3) is 0. The number of nitrogens with zero attached hydrogens (tertiary/aromatic N) is 3. The Labute approximate surface area is 352 Å². The zero-order chi connectivity index (χ0) is 40.3. The molecular formula is C57H35N3O. The van der Waals surface area contributed by atoms with Crippen LogP contribution in [0.25, 0.3) is 122 Å². The molecule has 4 nitrogen and oxygen atoms in total. The third kappa shape index (κ3) is 5.96. The molecule has 0 N–H and O–H groups in total. The van der Waals surface area contributed by atoms with Gasteiger partial charge in [0.15, 0.2) is 5.82 Å². The van der Waals surface area contributed by atoms with Crippen LogP contribution in [0.5, 0.6) is 0 Å². The van der Waals surface area contributed by atoms with Crippen molar-refractivity contribution in [1.29, 1.82) is 0 Å². The number of rotatable bonds is 6. The number of fused-ring (bicyclic) bond motifs is 8. The summed E-state index contributed by atoms with van der Waals surface area (Å²) in [5.41, 5.74) is 13.7. The normalized spacial score (nSPS) is 11.6. The summed E-state index contributed by atoms with van der Waals surface area (Å²) in [5, 5.41) is 7.86. The van der Waals surface area contributed by atoms with E-state index in [2.05, 4.69) is 176 Å². The summed E-state index contributed by atoms with van der Waals surface area (Å²) in [6.45, 7) is 0. The lowest BCUT2D eigenvalue weighted by molar-refractivity contribution is 0.672. The van der Waals surface area contributed by atoms with Gasteiger partial charge in [0, 0.05) is 38.6 Å². The van der Waals surface area contributed by atoms with Gasteiger partial charge >= 0.3 is 0 Å². The number of benzene rings is 9. The van der Waals surface area contributed by atoms with Gasteiger partial charge in [-0.05, 0) is 62.5 Å². The second-order valence-electron chi connectivity index (χ2n) is 15.5. The molecule has 3 aromatic heterocycles. The van der Waals surface area contributed by atoms with Crippen molar-refractivity contribution in [2.24, 2.45) is 0 Å². The first kappa shape index (κ1) is 34.8. The van der Waals surface area contributed by atoms with Crippen LogP contribution in [0, 0.1) is 0 Å². The van der Waals surface area contributed by atoms with Crippen LogP contribution < -0.4 is 0 Å². The Morgan fingerprint density at radius 1 is 0.328 bits per heavy atom. The summed E-state index contributed by atoms with van der Waals surface area (Å²) in [4.78, 5) is 15.9. The molecule has 0 saturated heterocycles. The predicted octanol–water partition coefficient (Wildman–Crippen LogP) is 15.2. The average Bonchev–Trinajstić information content (AvgIpc) is 3.74. The third-order valence-corrected chi connectivity index (χ3v) is 11.9. The largest absolute Gasteiger partial charge is 0.455 e. The van der Waals surface area contributed by atoms with E-state index in [1.807, 2.05) is 36.4 Å². The van der Waals surface area contributed by atoms with Crippen molar-refractivity contribution in [3.05, 3.63) is 212 Å². The Morgan fingerprint density at radius 3 is 1.62 bits per heavy atom. The first-order chi connectivity index (χ1) is 30.2. The standard InChI is InChI=1S/C57H35N3O/c1-3-14-36(15-4-1)37-26-28-39(29-27-37)51-35-50(38-16-5-2-6-17-38)58-57(59-51)41-32-30-40(31-33-41)54-53-47-22-11-12-25-52(47)61-56(53)48-24-13-23-46(55(48)60-54)49-34-42-18-7-8-19-43(42)44-20-9-10-21-45(44)49/h1-35H. The van der Waals surface area contributed by atoms with Gasteiger partial charge in [-0.2, -0.15) is 0 Å². The van der Waals surface area contributed by atoms with Crippen LogP contribution in [0.15, 0.2) is 217 Å². The lowest BCUT2D eigenvalue weighted by Crippen LogP contribution is -1.96. The Bertz CT molecular complexity index is 3610. The minimum absolute atomic E-state index is 0.658. The summed E-state index contributed by atoms with van der Waals surface area (Å²) in [5.74, 6) is 0.658. The van der Waals surface area contributed by atoms with Crippen molar-refractivity contribution in [3.8, 4) is 67.4 Å². The molecule has 0 spiro atoms. The molecule has 0 aliphatic carbocycles. The smallest absolute Gasteiger partial charge is 0.160 e. The molecule has 284 valence electrons. The summed E-state index contributed by atoms with van der Waals surface area (Å²) in [7, 11) is 0. The SMILES string of the molecule is c1ccc(-c2ccc(-c3cc(-c4ccccc4)nc(-c4ccc(-c5nc6c(-c7cc8ccccc8c8ccccc78)cccc6c6oc7ccccc7c56)cc4)n3)cc2)cc1. The van der Waals surface area contributed by atoms with E-state index >= 15 is 0 Å². The van der Waals surface area contributed by atoms with Crippen molar-refractivity contribution in [2.75, 3.05) is 0 Å². The van der Waals surface area contributed by atoms with Crippen molar-refractivity contribution in [2.45, 2.75) is 0 Å². The molecule has 0 aliphatic rings. The zero-order valence-electron chi connectivity index (χ0n) is 33.0. The van der Waals surface area contributed by atoms with Gasteiger partial charge in [-0.1, -0.05) is 188 Å². The van der Waals surface area contributed by atoms with Gasteiger partial charge in [0.05, 0.1) is 28.0 Å². The van der Waals surface area contributed by atoms with Crippen LogP contribution in [0.1, 0.15) is 0 Å². The van der Waals surface area contributed by atoms with Crippen molar-refractivity contribution in [3.63, 3.8) is 0 Å².